The van der Waals surface area contributed by atoms with Gasteiger partial charge in [-0.2, -0.15) is 0 Å². The van der Waals surface area contributed by atoms with Crippen molar-refractivity contribution in [1.29, 1.82) is 0 Å². The summed E-state index contributed by atoms with van der Waals surface area (Å²) >= 11 is 0. The molecule has 6 aromatic carbocycles. The van der Waals surface area contributed by atoms with Crippen LogP contribution in [0.1, 0.15) is 158 Å². The van der Waals surface area contributed by atoms with Gasteiger partial charge in [0, 0.05) is 72.6 Å². The van der Waals surface area contributed by atoms with Gasteiger partial charge in [0.05, 0.1) is 50.8 Å². The smallest absolute Gasteiger partial charge is 0.342 e. The predicted molar refractivity (Wildman–Crippen MR) is 367 cm³/mol. The Balaban J connectivity index is 0.000000205. The Kier molecular flexibility index (Phi) is 19.5. The third-order valence-corrected chi connectivity index (χ3v) is 21.2. The summed E-state index contributed by atoms with van der Waals surface area (Å²) in [6.07, 6.45) is -14.9. The van der Waals surface area contributed by atoms with Gasteiger partial charge in [-0.25, -0.2) is 9.59 Å². The van der Waals surface area contributed by atoms with Crippen LogP contribution in [0.2, 0.25) is 0 Å². The number of ether oxygens (including phenoxy) is 11. The first-order valence-corrected chi connectivity index (χ1v) is 34.8. The van der Waals surface area contributed by atoms with E-state index in [-0.39, 0.29) is 127 Å². The number of rotatable bonds is 13. The van der Waals surface area contributed by atoms with Crippen molar-refractivity contribution in [3.8, 4) is 79.7 Å². The van der Waals surface area contributed by atoms with Crippen LogP contribution in [0.3, 0.4) is 0 Å². The van der Waals surface area contributed by atoms with Crippen molar-refractivity contribution in [2.75, 3.05) is 21.3 Å². The molecule has 14 N–H and O–H groups in total. The van der Waals surface area contributed by atoms with E-state index in [1.54, 1.807) is 20.8 Å². The Bertz CT molecular complexity index is 4990. The van der Waals surface area contributed by atoms with Gasteiger partial charge in [0.2, 0.25) is 17.1 Å². The van der Waals surface area contributed by atoms with E-state index in [0.29, 0.717) is 24.0 Å². The Hall–Kier alpha value is -9.32. The molecule has 7 heterocycles. The summed E-state index contributed by atoms with van der Waals surface area (Å²) in [6, 6.07) is 7.92. The number of fused-ring (bicyclic) bond motifs is 12. The zero-order valence-electron chi connectivity index (χ0n) is 58.4. The van der Waals surface area contributed by atoms with Gasteiger partial charge in [0.15, 0.2) is 58.2 Å². The molecule has 0 bridgehead atoms. The first-order valence-electron chi connectivity index (χ1n) is 34.8. The van der Waals surface area contributed by atoms with Crippen molar-refractivity contribution in [3.05, 3.63) is 101 Å². The highest BCUT2D eigenvalue weighted by Crippen LogP contribution is 2.61. The average molecular weight is 1480 g/mol. The molecule has 3 saturated heterocycles. The highest BCUT2D eigenvalue weighted by molar-refractivity contribution is 6.09. The maximum atomic E-state index is 14.6. The molecule has 2 aliphatic carbocycles. The number of carbonyl (C=O) groups is 2. The maximum Gasteiger partial charge on any atom is 0.342 e. The molecular formula is C75H80O31. The van der Waals surface area contributed by atoms with Crippen LogP contribution in [0.5, 0.6) is 57.5 Å². The fraction of sp³-hybridized carbons (Fsp3) is 0.467. The molecule has 5 aliphatic heterocycles. The molecule has 566 valence electrons. The lowest BCUT2D eigenvalue weighted by atomic mass is 9.77. The second-order valence-electron chi connectivity index (χ2n) is 27.7. The van der Waals surface area contributed by atoms with Gasteiger partial charge >= 0.3 is 11.9 Å². The number of aliphatic hydroxyl groups is 7. The Morgan fingerprint density at radius 3 is 1.41 bits per heavy atom. The first kappa shape index (κ1) is 73.6. The largest absolute Gasteiger partial charge is 0.506 e. The highest BCUT2D eigenvalue weighted by Gasteiger charge is 2.49. The number of methoxy groups -OCH3 is 3. The maximum absolute atomic E-state index is 14.6. The molecular weight excluding hydrogens is 1400 g/mol. The summed E-state index contributed by atoms with van der Waals surface area (Å²) in [4.78, 5) is 54.4. The SMILES string of the molecule is CCCC1Cc2cc3c(c(O)c2C(=O)O1)-c1c(c(OC)c2oc4ccc(O)c(O)c4c(=O)c2c1O)C(O)C3O.CCCC1Cc2cc3c(c(O)c2C(=O)O1)-c1c(c(OC)c2oc4ccc(O[C@H]5CC(O[C@H]6C[C@@H](O)C(O[C@H]7C[C@@H](OC)[C@H](O)[C@@H](C)O7)[C@@H](C)O6)[C@H](O)[C@@H](C)O5)c(O)c4c(=O)c2c1O)C(O)C3O. The zero-order valence-corrected chi connectivity index (χ0v) is 58.4. The van der Waals surface area contributed by atoms with E-state index in [0.717, 1.165) is 18.9 Å². The summed E-state index contributed by atoms with van der Waals surface area (Å²) in [6.45, 7) is 8.84. The van der Waals surface area contributed by atoms with Crippen LogP contribution < -0.4 is 25.1 Å². The molecule has 0 saturated carbocycles. The van der Waals surface area contributed by atoms with E-state index >= 15 is 0 Å². The molecule has 0 radical (unpaired) electrons. The van der Waals surface area contributed by atoms with Gasteiger partial charge in [-0.15, -0.1) is 0 Å². The molecule has 18 atom stereocenters. The standard InChI is InChI=1S/C47H56O20.C28H24O11/c1-7-8-20-11-19-12-21-31(40(53)30(19)47(57)63-20)33-34(43(56)38(21)51)45(59-6)46-35(42(33)55)41(54)32-23(66-46)9-10-24(39(32)52)64-28-15-26(37(50)17(3)60-28)65-27-13-22(48)44(18(4)62-27)67-29-14-25(58-5)36(49)16(2)61-29;1-3-4-10-7-9-8-11-15(22(32)14(9)28(36)38-10)17-18(25(35)20(11)30)26(37-2)27-19(24(17)34)23(33)16-13(39-27)6-5-12(29)21(16)31/h9-10,12,16-18,20,22,25-29,36-38,43-44,48-53,55-56H,7-8,11,13-15H2,1-6H3;5-6,8,10,20,25,29-32,34-35H,3-4,7H2,1-2H3/t16-,17-,18-,20?,22-,25-,26?,27+,28+,29+,36-,37-,38?,43?,44?;/m1./s1. The summed E-state index contributed by atoms with van der Waals surface area (Å²) in [5, 5.41) is 155. The van der Waals surface area contributed by atoms with Gasteiger partial charge in [-0.05, 0) is 80.1 Å². The van der Waals surface area contributed by atoms with E-state index in [2.05, 4.69) is 0 Å². The summed E-state index contributed by atoms with van der Waals surface area (Å²) < 4.78 is 75.7. The summed E-state index contributed by atoms with van der Waals surface area (Å²) in [5.41, 5.74) is -3.85. The molecule has 31 nitrogen and oxygen atoms in total. The number of aromatic hydroxyl groups is 7. The van der Waals surface area contributed by atoms with E-state index in [4.69, 9.17) is 60.9 Å². The molecule has 0 amide bonds. The highest BCUT2D eigenvalue weighted by atomic mass is 16.7. The van der Waals surface area contributed by atoms with Crippen molar-refractivity contribution in [2.24, 2.45) is 0 Å². The zero-order chi connectivity index (χ0) is 75.8. The lowest BCUT2D eigenvalue weighted by Crippen LogP contribution is -2.56. The number of carbonyl (C=O) groups excluding carboxylic acids is 2. The fourth-order valence-corrected chi connectivity index (χ4v) is 16.0. The number of esters is 2. The average Bonchev–Trinajstić information content (AvgIpc) is 0.705. The minimum atomic E-state index is -1.77. The fourth-order valence-electron chi connectivity index (χ4n) is 16.0. The van der Waals surface area contributed by atoms with Crippen LogP contribution in [-0.2, 0) is 50.7 Å². The third-order valence-electron chi connectivity index (χ3n) is 21.2. The summed E-state index contributed by atoms with van der Waals surface area (Å²) in [5.74, 6) is -7.20. The molecule has 0 spiro atoms. The van der Waals surface area contributed by atoms with Crippen LogP contribution in [0.15, 0.2) is 54.8 Å². The number of hydrogen-bond acceptors (Lipinski definition) is 31. The monoisotopic (exact) mass is 1480 g/mol. The Morgan fingerprint density at radius 1 is 0.472 bits per heavy atom. The van der Waals surface area contributed by atoms with Crippen molar-refractivity contribution < 1.29 is 142 Å². The normalized spacial score (nSPS) is 28.8. The molecule has 8 unspecified atom stereocenters. The van der Waals surface area contributed by atoms with Crippen molar-refractivity contribution >= 4 is 55.8 Å². The molecule has 15 rings (SSSR count). The van der Waals surface area contributed by atoms with Crippen molar-refractivity contribution in [2.45, 2.75) is 203 Å². The topological polar surface area (TPSA) is 479 Å². The third kappa shape index (κ3) is 11.9. The first-order chi connectivity index (χ1) is 50.5. The quantitative estimate of drug-likeness (QED) is 0.0322. The molecule has 7 aliphatic rings. The molecule has 31 heteroatoms. The van der Waals surface area contributed by atoms with Crippen molar-refractivity contribution in [1.82, 2.24) is 0 Å². The second-order valence-corrected chi connectivity index (χ2v) is 27.7. The van der Waals surface area contributed by atoms with Gasteiger partial charge in [-0.3, -0.25) is 9.59 Å². The minimum absolute atomic E-state index is 0.0163. The number of phenolic OH excluding ortho intramolecular Hbond substituents is 7. The van der Waals surface area contributed by atoms with E-state index in [1.807, 2.05) is 13.8 Å². The lowest BCUT2D eigenvalue weighted by molar-refractivity contribution is -0.328. The van der Waals surface area contributed by atoms with E-state index in [9.17, 15) is 90.7 Å². The van der Waals surface area contributed by atoms with E-state index in [1.165, 1.54) is 51.7 Å². The van der Waals surface area contributed by atoms with Crippen LogP contribution in [0.25, 0.3) is 66.1 Å². The molecule has 2 aromatic heterocycles. The van der Waals surface area contributed by atoms with Crippen LogP contribution in [-0.4, -0.2) is 191 Å². The Morgan fingerprint density at radius 2 is 0.925 bits per heavy atom. The molecule has 3 fully saturated rings. The van der Waals surface area contributed by atoms with Gasteiger partial charge in [0.25, 0.3) is 0 Å². The van der Waals surface area contributed by atoms with Crippen molar-refractivity contribution in [3.63, 3.8) is 0 Å². The van der Waals surface area contributed by atoms with Crippen LogP contribution in [0, 0.1) is 0 Å². The predicted octanol–water partition coefficient (Wildman–Crippen LogP) is 6.76. The van der Waals surface area contributed by atoms with Crippen LogP contribution in [0.4, 0.5) is 0 Å². The minimum Gasteiger partial charge on any atom is -0.506 e. The van der Waals surface area contributed by atoms with Gasteiger partial charge < -0.3 is 132 Å². The second kappa shape index (κ2) is 28.1. The van der Waals surface area contributed by atoms with Gasteiger partial charge in [-0.1, -0.05) is 38.8 Å². The number of phenols is 7. The molecule has 8 aromatic rings. The molecule has 106 heavy (non-hydrogen) atoms. The van der Waals surface area contributed by atoms with Gasteiger partial charge in [0.1, 0.15) is 122 Å². The number of hydrogen-bond donors (Lipinski definition) is 14. The lowest BCUT2D eigenvalue weighted by Gasteiger charge is -2.44. The number of aliphatic hydroxyl groups excluding tert-OH is 7. The summed E-state index contributed by atoms with van der Waals surface area (Å²) in [7, 11) is 3.92. The Labute approximate surface area is 600 Å². The van der Waals surface area contributed by atoms with Crippen LogP contribution >= 0.6 is 0 Å². The van der Waals surface area contributed by atoms with E-state index < -0.39 is 195 Å². The number of cyclic esters (lactones) is 2. The number of benzene rings is 6.